The predicted octanol–water partition coefficient (Wildman–Crippen LogP) is 1.22. The molecule has 1 amide bonds. The summed E-state index contributed by atoms with van der Waals surface area (Å²) < 4.78 is 11.3. The second kappa shape index (κ2) is 6.04. The van der Waals surface area contributed by atoms with Crippen molar-refractivity contribution in [2.24, 2.45) is 5.84 Å². The van der Waals surface area contributed by atoms with E-state index >= 15 is 0 Å². The van der Waals surface area contributed by atoms with Crippen LogP contribution in [0.3, 0.4) is 0 Å². The summed E-state index contributed by atoms with van der Waals surface area (Å²) in [6.07, 6.45) is 0.994. The Bertz CT molecular complexity index is 442. The van der Waals surface area contributed by atoms with E-state index in [1.165, 1.54) is 11.1 Å². The van der Waals surface area contributed by atoms with Crippen molar-refractivity contribution in [3.63, 3.8) is 0 Å². The Morgan fingerprint density at radius 3 is 2.68 bits per heavy atom. The van der Waals surface area contributed by atoms with Gasteiger partial charge >= 0.3 is 0 Å². The fraction of sp³-hybridized carbons (Fsp3) is 0.500. The third-order valence-corrected chi connectivity index (χ3v) is 3.17. The first-order valence-corrected chi connectivity index (χ1v) is 6.45. The van der Waals surface area contributed by atoms with Gasteiger partial charge < -0.3 is 9.47 Å². The van der Waals surface area contributed by atoms with E-state index in [4.69, 9.17) is 15.3 Å². The summed E-state index contributed by atoms with van der Waals surface area (Å²) >= 11 is 0. The fourth-order valence-corrected chi connectivity index (χ4v) is 2.32. The number of carbonyl (C=O) groups excluding carboxylic acids is 1. The number of nitrogens with one attached hydrogen (secondary N) is 1. The molecule has 0 radical (unpaired) electrons. The molecule has 3 N–H and O–H groups in total. The number of hydrogen-bond acceptors (Lipinski definition) is 4. The largest absolute Gasteiger partial charge is 0.491 e. The monoisotopic (exact) mass is 264 g/mol. The zero-order valence-electron chi connectivity index (χ0n) is 11.3. The molecule has 1 aromatic rings. The van der Waals surface area contributed by atoms with Crippen molar-refractivity contribution < 1.29 is 14.3 Å². The highest BCUT2D eigenvalue weighted by Crippen LogP contribution is 2.22. The first kappa shape index (κ1) is 13.8. The molecular formula is C14H20N2O3. The summed E-state index contributed by atoms with van der Waals surface area (Å²) in [6.45, 7) is 4.53. The van der Waals surface area contributed by atoms with Gasteiger partial charge in [0.25, 0.3) is 5.91 Å². The van der Waals surface area contributed by atoms with Gasteiger partial charge in [0.2, 0.25) is 0 Å². The Balaban J connectivity index is 1.85. The lowest BCUT2D eigenvalue weighted by molar-refractivity contribution is -0.132. The molecule has 1 heterocycles. The summed E-state index contributed by atoms with van der Waals surface area (Å²) in [5, 5.41) is 0. The Morgan fingerprint density at radius 2 is 2.05 bits per heavy atom. The van der Waals surface area contributed by atoms with E-state index < -0.39 is 6.10 Å². The van der Waals surface area contributed by atoms with E-state index in [1.54, 1.807) is 0 Å². The highest BCUT2D eigenvalue weighted by atomic mass is 16.5. The number of hydrogen-bond donors (Lipinski definition) is 2. The molecule has 2 unspecified atom stereocenters. The van der Waals surface area contributed by atoms with Gasteiger partial charge in [-0.3, -0.25) is 10.2 Å². The molecule has 19 heavy (non-hydrogen) atoms. The van der Waals surface area contributed by atoms with Crippen LogP contribution in [0, 0.1) is 13.8 Å². The Kier molecular flexibility index (Phi) is 4.39. The summed E-state index contributed by atoms with van der Waals surface area (Å²) in [5.41, 5.74) is 4.45. The minimum atomic E-state index is -0.446. The van der Waals surface area contributed by atoms with Crippen LogP contribution in [0.5, 0.6) is 5.75 Å². The maximum atomic E-state index is 11.3. The fourth-order valence-electron chi connectivity index (χ4n) is 2.32. The van der Waals surface area contributed by atoms with Crippen LogP contribution >= 0.6 is 0 Å². The lowest BCUT2D eigenvalue weighted by atomic mass is 10.1. The first-order valence-electron chi connectivity index (χ1n) is 6.45. The first-order chi connectivity index (χ1) is 9.08. The molecule has 0 spiro atoms. The van der Waals surface area contributed by atoms with Crippen LogP contribution in [-0.2, 0) is 9.53 Å². The maximum absolute atomic E-state index is 11.3. The second-order valence-corrected chi connectivity index (χ2v) is 4.97. The van der Waals surface area contributed by atoms with Crippen molar-refractivity contribution in [3.05, 3.63) is 29.3 Å². The van der Waals surface area contributed by atoms with Crippen LogP contribution in [0.25, 0.3) is 0 Å². The van der Waals surface area contributed by atoms with Crippen LogP contribution in [0.4, 0.5) is 0 Å². The zero-order chi connectivity index (χ0) is 13.8. The second-order valence-electron chi connectivity index (χ2n) is 4.97. The molecule has 0 aromatic heterocycles. The van der Waals surface area contributed by atoms with Gasteiger partial charge in [0.1, 0.15) is 18.5 Å². The van der Waals surface area contributed by atoms with Gasteiger partial charge in [0.05, 0.1) is 6.10 Å². The quantitative estimate of drug-likeness (QED) is 0.487. The van der Waals surface area contributed by atoms with Crippen molar-refractivity contribution >= 4 is 5.91 Å². The zero-order valence-corrected chi connectivity index (χ0v) is 11.3. The lowest BCUT2D eigenvalue weighted by Crippen LogP contribution is -2.39. The van der Waals surface area contributed by atoms with Crippen LogP contribution in [0.2, 0.25) is 0 Å². The van der Waals surface area contributed by atoms with Gasteiger partial charge in [-0.05, 0) is 49.9 Å². The molecule has 0 bridgehead atoms. The number of nitrogens with two attached hydrogens (primary N) is 1. The number of carbonyl (C=O) groups is 1. The molecule has 2 atom stereocenters. The SMILES string of the molecule is Cc1cc(C)cc(OCC2CCC(C(=O)NN)O2)c1. The minimum absolute atomic E-state index is 0.0527. The maximum Gasteiger partial charge on any atom is 0.263 e. The normalized spacial score (nSPS) is 22.3. The highest BCUT2D eigenvalue weighted by Gasteiger charge is 2.30. The van der Waals surface area contributed by atoms with Crippen molar-refractivity contribution in [1.29, 1.82) is 0 Å². The number of ether oxygens (including phenoxy) is 2. The standard InChI is InChI=1S/C14H20N2O3/c1-9-5-10(2)7-12(6-9)18-8-11-3-4-13(19-11)14(17)16-15/h5-7,11,13H,3-4,8,15H2,1-2H3,(H,16,17). The van der Waals surface area contributed by atoms with Crippen LogP contribution in [-0.4, -0.2) is 24.7 Å². The van der Waals surface area contributed by atoms with E-state index in [2.05, 4.69) is 11.5 Å². The van der Waals surface area contributed by atoms with Crippen molar-refractivity contribution in [2.75, 3.05) is 6.61 Å². The summed E-state index contributed by atoms with van der Waals surface area (Å²) in [4.78, 5) is 11.3. The minimum Gasteiger partial charge on any atom is -0.491 e. The van der Waals surface area contributed by atoms with Crippen molar-refractivity contribution in [3.8, 4) is 5.75 Å². The van der Waals surface area contributed by atoms with E-state index in [-0.39, 0.29) is 12.0 Å². The van der Waals surface area contributed by atoms with Gasteiger partial charge in [-0.25, -0.2) is 5.84 Å². The van der Waals surface area contributed by atoms with E-state index in [9.17, 15) is 4.79 Å². The molecule has 104 valence electrons. The Labute approximate surface area is 113 Å². The number of rotatable bonds is 4. The van der Waals surface area contributed by atoms with Crippen molar-refractivity contribution in [2.45, 2.75) is 38.9 Å². The lowest BCUT2D eigenvalue weighted by Gasteiger charge is -2.14. The van der Waals surface area contributed by atoms with Crippen molar-refractivity contribution in [1.82, 2.24) is 5.43 Å². The average Bonchev–Trinajstić information content (AvgIpc) is 2.83. The third kappa shape index (κ3) is 3.68. The molecule has 5 heteroatoms. The van der Waals surface area contributed by atoms with E-state index in [1.807, 2.05) is 26.0 Å². The number of aryl methyl sites for hydroxylation is 2. The molecule has 1 fully saturated rings. The van der Waals surface area contributed by atoms with Gasteiger partial charge in [-0.15, -0.1) is 0 Å². The Morgan fingerprint density at radius 1 is 1.37 bits per heavy atom. The third-order valence-electron chi connectivity index (χ3n) is 3.17. The molecule has 1 saturated heterocycles. The Hall–Kier alpha value is -1.59. The van der Waals surface area contributed by atoms with Gasteiger partial charge in [-0.2, -0.15) is 0 Å². The summed E-state index contributed by atoms with van der Waals surface area (Å²) in [6, 6.07) is 6.08. The average molecular weight is 264 g/mol. The summed E-state index contributed by atoms with van der Waals surface area (Å²) in [7, 11) is 0. The molecular weight excluding hydrogens is 244 g/mol. The molecule has 5 nitrogen and oxygen atoms in total. The van der Waals surface area contributed by atoms with E-state index in [0.717, 1.165) is 12.2 Å². The molecule has 1 aliphatic heterocycles. The molecule has 1 aromatic carbocycles. The van der Waals surface area contributed by atoms with Crippen LogP contribution in [0.1, 0.15) is 24.0 Å². The van der Waals surface area contributed by atoms with Gasteiger partial charge in [0.15, 0.2) is 0 Å². The number of amides is 1. The molecule has 0 aliphatic carbocycles. The predicted molar refractivity (Wildman–Crippen MR) is 71.6 cm³/mol. The van der Waals surface area contributed by atoms with Crippen LogP contribution < -0.4 is 16.0 Å². The summed E-state index contributed by atoms with van der Waals surface area (Å²) in [5.74, 6) is 5.66. The topological polar surface area (TPSA) is 73.6 Å². The van der Waals surface area contributed by atoms with Crippen LogP contribution in [0.15, 0.2) is 18.2 Å². The number of benzene rings is 1. The molecule has 2 rings (SSSR count). The highest BCUT2D eigenvalue weighted by molar-refractivity contribution is 5.80. The van der Waals surface area contributed by atoms with Gasteiger partial charge in [0, 0.05) is 0 Å². The molecule has 1 aliphatic rings. The van der Waals surface area contributed by atoms with Gasteiger partial charge in [-0.1, -0.05) is 6.07 Å². The smallest absolute Gasteiger partial charge is 0.263 e. The van der Waals surface area contributed by atoms with E-state index in [0.29, 0.717) is 13.0 Å². The number of hydrazine groups is 1. The molecule has 0 saturated carbocycles.